The maximum absolute atomic E-state index is 12.7. The Morgan fingerprint density at radius 1 is 0.450 bits per heavy atom. The largest absolute Gasteiger partial charge is 2.00 e. The molecule has 1 atom stereocenters. The molecule has 0 saturated heterocycles. The molecule has 0 aliphatic heterocycles. The number of nitrogen functional groups attached to an aromatic ring is 1. The molecule has 23 nitrogen and oxygen atoms in total. The third-order valence-corrected chi connectivity index (χ3v) is 17.2. The summed E-state index contributed by atoms with van der Waals surface area (Å²) in [6.07, 6.45) is 24.8. The summed E-state index contributed by atoms with van der Waals surface area (Å²) in [5.74, 6) is 14.2. The maximum Gasteiger partial charge on any atom is 2.00 e. The zero-order chi connectivity index (χ0) is 87.8. The molecule has 0 fully saturated rings. The second-order valence-corrected chi connectivity index (χ2v) is 26.8. The van der Waals surface area contributed by atoms with Gasteiger partial charge in [0.1, 0.15) is 66.8 Å². The number of aldehydes is 2. The summed E-state index contributed by atoms with van der Waals surface area (Å²) in [7, 11) is 0. The van der Waals surface area contributed by atoms with E-state index in [2.05, 4.69) is 133 Å². The molecule has 10 aromatic rings. The fourth-order valence-electron chi connectivity index (χ4n) is 9.91. The first-order valence-corrected chi connectivity index (χ1v) is 38.1. The summed E-state index contributed by atoms with van der Waals surface area (Å²) in [5.41, 5.74) is 13.5. The number of aromatic hydroxyl groups is 1. The van der Waals surface area contributed by atoms with Gasteiger partial charge in [0.2, 0.25) is 0 Å². The van der Waals surface area contributed by atoms with Crippen molar-refractivity contribution < 1.29 is 85.0 Å². The van der Waals surface area contributed by atoms with E-state index in [-0.39, 0.29) is 123 Å². The summed E-state index contributed by atoms with van der Waals surface area (Å²) in [6.45, 7) is 17.1. The summed E-state index contributed by atoms with van der Waals surface area (Å²) >= 11 is 6.37. The maximum atomic E-state index is 12.7. The van der Waals surface area contributed by atoms with E-state index in [1.165, 1.54) is 71.3 Å². The van der Waals surface area contributed by atoms with Crippen LogP contribution in [-0.2, 0) is 5.33 Å². The number of carbonyl (C=O) groups excluding carboxylic acids is 4. The van der Waals surface area contributed by atoms with Gasteiger partial charge >= 0.3 is 23.1 Å². The topological polar surface area (TPSA) is 344 Å². The van der Waals surface area contributed by atoms with Crippen LogP contribution in [-0.4, -0.2) is 109 Å². The Bertz CT molecular complexity index is 5190. The molecule has 0 aromatic heterocycles. The fourth-order valence-corrected chi connectivity index (χ4v) is 10.3. The van der Waals surface area contributed by atoms with Crippen molar-refractivity contribution >= 4 is 107 Å². The van der Waals surface area contributed by atoms with Gasteiger partial charge in [-0.15, -0.1) is 32.1 Å². The molecule has 120 heavy (non-hydrogen) atoms. The molecule has 1 unspecified atom stereocenters. The Morgan fingerprint density at radius 3 is 1.15 bits per heavy atom. The molecule has 0 aliphatic rings. The minimum Gasteiger partial charge on any atom is -1.00 e. The molecule has 27 heteroatoms. The van der Waals surface area contributed by atoms with E-state index >= 15 is 0 Å². The first kappa shape index (κ1) is 105. The van der Waals surface area contributed by atoms with E-state index in [1.54, 1.807) is 42.5 Å². The van der Waals surface area contributed by atoms with Crippen molar-refractivity contribution in [1.82, 2.24) is 0 Å². The summed E-state index contributed by atoms with van der Waals surface area (Å²) in [5, 5.41) is 64.3. The van der Waals surface area contributed by atoms with Crippen LogP contribution < -0.4 is 41.7 Å². The number of anilines is 1. The number of terminal acetylenes is 5. The molecule has 10 aromatic carbocycles. The first-order valence-electron chi connectivity index (χ1n) is 35.9. The number of phenols is 1. The molecule has 616 valence electrons. The number of aliphatic hydroxyl groups is 1. The molecule has 4 N–H and O–H groups in total. The summed E-state index contributed by atoms with van der Waals surface area (Å²) in [4.78, 5) is 86.9. The number of rotatable bonds is 25. The van der Waals surface area contributed by atoms with Gasteiger partial charge in [-0.3, -0.25) is 59.6 Å². The van der Waals surface area contributed by atoms with Gasteiger partial charge in [-0.25, -0.2) is 0 Å². The molecular weight excluding hydrogens is 1740 g/mol. The van der Waals surface area contributed by atoms with Gasteiger partial charge in [-0.05, 0) is 118 Å². The average molecular weight is 1830 g/mol. The predicted molar refractivity (Wildman–Crippen MR) is 472 cm³/mol. The second kappa shape index (κ2) is 57.4. The van der Waals surface area contributed by atoms with Crippen LogP contribution in [0.3, 0.4) is 0 Å². The number of hydrogen-bond acceptors (Lipinski definition) is 19. The molecule has 0 bridgehead atoms. The molecule has 0 saturated carbocycles. The number of hydrogen-bond donors (Lipinski definition) is 3. The Labute approximate surface area is 742 Å². The van der Waals surface area contributed by atoms with Crippen LogP contribution in [0.25, 0.3) is 0 Å². The van der Waals surface area contributed by atoms with Crippen LogP contribution in [0.15, 0.2) is 218 Å². The van der Waals surface area contributed by atoms with Crippen molar-refractivity contribution in [2.75, 3.05) is 37.5 Å². The number of ketones is 2. The zero-order valence-corrected chi connectivity index (χ0v) is 73.3. The Kier molecular flexibility index (Phi) is 50.3. The minimum absolute atomic E-state index is 0. The number of nitrogens with two attached hydrogens (primary N) is 1. The summed E-state index contributed by atoms with van der Waals surface area (Å²) < 4.78 is 20.9. The van der Waals surface area contributed by atoms with Crippen LogP contribution >= 0.6 is 31.9 Å². The molecular formula is C93H88Br3MgN5O18. The van der Waals surface area contributed by atoms with Crippen LogP contribution in [0, 0.1) is 108 Å². The zero-order valence-electron chi connectivity index (χ0n) is 67.1. The van der Waals surface area contributed by atoms with Crippen molar-refractivity contribution in [1.29, 1.82) is 0 Å². The van der Waals surface area contributed by atoms with E-state index in [1.807, 2.05) is 92.7 Å². The SMILES string of the molecule is BrCc1ccccc1.C#CCBr.C#CCOc1ccc(N)c(C(=O)c2ccc(C(C)C)cc2)c1.C#CCOc1ccc([N+](=O)[O-])c(C(=O)c2ccc(C(C)C)cc2)c1.C#CCOc1ccc([N+](=O)[O-])c(C(O)c2ccc(C(C)C)cc2)c1.C#CCOc1ccc([N+](=O)[O-])c(C=O)c1.CC(C)c1cc[c-]cc1.O=Cc1cc(O)ccc1[N+](=O)[O-].[Br-].[Mg+2]. The Hall–Kier alpha value is -12.8. The van der Waals surface area contributed by atoms with Crippen molar-refractivity contribution in [3.05, 3.63) is 337 Å². The van der Waals surface area contributed by atoms with E-state index in [4.69, 9.17) is 61.9 Å². The third kappa shape index (κ3) is 36.4. The van der Waals surface area contributed by atoms with Crippen LogP contribution in [0.4, 0.5) is 28.4 Å². The number of ether oxygens (including phenoxy) is 4. The third-order valence-electron chi connectivity index (χ3n) is 16.2. The number of nitrogens with zero attached hydrogens (tertiary/aromatic N) is 4. The number of halogens is 3. The van der Waals surface area contributed by atoms with Crippen molar-refractivity contribution in [2.24, 2.45) is 0 Å². The molecule has 0 aliphatic carbocycles. The van der Waals surface area contributed by atoms with Gasteiger partial charge in [0.15, 0.2) is 24.1 Å². The Morgan fingerprint density at radius 2 is 0.783 bits per heavy atom. The number of phenolic OH excluding ortho intramolecular Hbond substituents is 1. The van der Waals surface area contributed by atoms with Crippen LogP contribution in [0.5, 0.6) is 28.7 Å². The minimum atomic E-state index is -1.12. The standard InChI is InChI=1S/C19H19NO4.C19H17NO4.C19H19NO2.C10H7NO4.C9H11.C7H7Br.C7H5NO4.C3H3Br.BrH.Mg/c2*1-4-11-24-16-9-10-18(20(22)23)17(12-16)19(21)15-7-5-14(6-8-15)13(2)3;1-4-11-22-16-9-10-18(20)17(12-16)19(21)15-7-5-14(6-8-15)13(2)3;1-2-5-15-9-3-4-10(11(13)14)8(6-9)7-12;1-8(2)9-6-4-3-5-7-9;8-6-7-4-2-1-3-5-7;9-4-5-3-6(10)1-2-7(5)8(11)12;1-2-3-4;;/h1,5-10,12-13,19,21H,11H2,2-3H3;1,5-10,12-13H,11H2,2-3H3;1,5-10,12-13H,11,20H2,2-3H3;1,3-4,6-7H,5H2;4-8H,1-2H3;1-5H,6H2;1-4,10H;1H,3H2;1H;/q;;;;-1;;;;;+2/p-1. The monoisotopic (exact) mass is 1820 g/mol. The van der Waals surface area contributed by atoms with Gasteiger partial charge in [-0.1, -0.05) is 220 Å². The molecule has 0 spiro atoms. The van der Waals surface area contributed by atoms with Gasteiger partial charge in [0, 0.05) is 52.0 Å². The number of aliphatic hydroxyl groups excluding tert-OH is 1. The van der Waals surface area contributed by atoms with Crippen molar-refractivity contribution in [3.8, 4) is 90.5 Å². The Balaban J connectivity index is 0.000000713. The van der Waals surface area contributed by atoms with E-state index < -0.39 is 31.6 Å². The second-order valence-electron chi connectivity index (χ2n) is 25.7. The normalized spacial score (nSPS) is 9.88. The van der Waals surface area contributed by atoms with Crippen LogP contribution in [0.1, 0.15) is 177 Å². The van der Waals surface area contributed by atoms with Crippen molar-refractivity contribution in [3.63, 3.8) is 0 Å². The van der Waals surface area contributed by atoms with Crippen LogP contribution in [0.2, 0.25) is 0 Å². The van der Waals surface area contributed by atoms with Gasteiger partial charge in [0.25, 0.3) is 22.7 Å². The van der Waals surface area contributed by atoms with E-state index in [9.17, 15) is 64.7 Å². The molecule has 0 radical (unpaired) electrons. The number of carbonyl (C=O) groups is 4. The fraction of sp³-hybridized carbons (Fsp3) is 0.204. The summed E-state index contributed by atoms with van der Waals surface area (Å²) in [6, 6.07) is 63.8. The number of benzene rings is 10. The van der Waals surface area contributed by atoms with Gasteiger partial charge < -0.3 is 51.9 Å². The molecule has 0 heterocycles. The number of alkyl halides is 2. The van der Waals surface area contributed by atoms with E-state index in [0.717, 1.165) is 34.7 Å². The quantitative estimate of drug-likeness (QED) is 0.00550. The van der Waals surface area contributed by atoms with Gasteiger partial charge in [0.05, 0.1) is 41.7 Å². The predicted octanol–water partition coefficient (Wildman–Crippen LogP) is 16.8. The smallest absolute Gasteiger partial charge is 1.00 e. The van der Waals surface area contributed by atoms with Crippen molar-refractivity contribution in [2.45, 2.75) is 90.5 Å². The molecule has 10 rings (SSSR count). The number of nitro benzene ring substituents is 4. The first-order chi connectivity index (χ1) is 56.4. The molecule has 0 amide bonds. The number of nitro groups is 4. The van der Waals surface area contributed by atoms with Gasteiger partial charge in [-0.2, -0.15) is 35.9 Å². The average Bonchev–Trinajstić information content (AvgIpc) is 0.812. The van der Waals surface area contributed by atoms with E-state index in [0.29, 0.717) is 92.5 Å².